The van der Waals surface area contributed by atoms with Gasteiger partial charge < -0.3 is 28.8 Å². The maximum Gasteiger partial charge on any atom is 0.310 e. The lowest BCUT2D eigenvalue weighted by atomic mass is 9.97. The maximum absolute atomic E-state index is 12.2. The van der Waals surface area contributed by atoms with Gasteiger partial charge in [0.15, 0.2) is 23.0 Å². The van der Waals surface area contributed by atoms with Crippen molar-refractivity contribution in [3.8, 4) is 23.0 Å². The molecule has 0 aromatic heterocycles. The molecule has 8 heteroatoms. The van der Waals surface area contributed by atoms with E-state index in [1.54, 1.807) is 44.4 Å². The quantitative estimate of drug-likeness (QED) is 0.433. The Hall–Kier alpha value is -2.90. The molecule has 0 saturated carbocycles. The molecule has 0 atom stereocenters. The standard InChI is InChI=1S/C23H27ClO7/c1-6-31-22(26)11-15-10-20(29-4)21(30-5)12-16(15)23(24)17(13-25)14-7-8-18(27-2)19(9-14)28-3/h7-10,12,25H,6,11,13H2,1-5H3/b23-17-. The molecule has 0 heterocycles. The average molecular weight is 451 g/mol. The van der Waals surface area contributed by atoms with Gasteiger partial charge in [-0.1, -0.05) is 17.7 Å². The zero-order chi connectivity index (χ0) is 23.0. The van der Waals surface area contributed by atoms with Gasteiger partial charge in [0.1, 0.15) is 0 Å². The van der Waals surface area contributed by atoms with E-state index in [9.17, 15) is 9.90 Å². The van der Waals surface area contributed by atoms with Crippen LogP contribution in [0, 0.1) is 0 Å². The number of hydrogen-bond acceptors (Lipinski definition) is 7. The third kappa shape index (κ3) is 5.62. The summed E-state index contributed by atoms with van der Waals surface area (Å²) in [6.45, 7) is 1.65. The Balaban J connectivity index is 2.69. The number of methoxy groups -OCH3 is 4. The molecule has 2 aromatic rings. The van der Waals surface area contributed by atoms with Gasteiger partial charge >= 0.3 is 5.97 Å². The van der Waals surface area contributed by atoms with Gasteiger partial charge in [0.2, 0.25) is 0 Å². The number of hydrogen-bond donors (Lipinski definition) is 1. The summed E-state index contributed by atoms with van der Waals surface area (Å²) >= 11 is 6.77. The van der Waals surface area contributed by atoms with Gasteiger partial charge in [0.05, 0.1) is 53.1 Å². The SMILES string of the molecule is CCOC(=O)Cc1cc(OC)c(OC)cc1/C(Cl)=C(\CO)c1ccc(OC)c(OC)c1. The highest BCUT2D eigenvalue weighted by atomic mass is 35.5. The van der Waals surface area contributed by atoms with Crippen molar-refractivity contribution in [2.75, 3.05) is 41.7 Å². The molecule has 0 spiro atoms. The number of ether oxygens (including phenoxy) is 5. The Labute approximate surface area is 187 Å². The summed E-state index contributed by atoms with van der Waals surface area (Å²) in [7, 11) is 6.08. The molecule has 7 nitrogen and oxygen atoms in total. The molecule has 0 fully saturated rings. The summed E-state index contributed by atoms with van der Waals surface area (Å²) in [5.74, 6) is 1.53. The Morgan fingerprint density at radius 1 is 0.903 bits per heavy atom. The van der Waals surface area contributed by atoms with E-state index in [1.165, 1.54) is 21.3 Å². The minimum Gasteiger partial charge on any atom is -0.493 e. The smallest absolute Gasteiger partial charge is 0.310 e. The van der Waals surface area contributed by atoms with Gasteiger partial charge in [-0.3, -0.25) is 4.79 Å². The van der Waals surface area contributed by atoms with Crippen molar-refractivity contribution in [3.05, 3.63) is 47.0 Å². The Bertz CT molecular complexity index is 953. The molecule has 0 saturated heterocycles. The lowest BCUT2D eigenvalue weighted by molar-refractivity contribution is -0.142. The van der Waals surface area contributed by atoms with Crippen LogP contribution in [0.2, 0.25) is 0 Å². The number of aliphatic hydroxyl groups is 1. The van der Waals surface area contributed by atoms with Crippen LogP contribution in [0.3, 0.4) is 0 Å². The Kier molecular flexibility index (Phi) is 9.03. The van der Waals surface area contributed by atoms with Crippen LogP contribution in [0.4, 0.5) is 0 Å². The summed E-state index contributed by atoms with van der Waals surface area (Å²) in [4.78, 5) is 12.2. The topological polar surface area (TPSA) is 83.5 Å². The monoisotopic (exact) mass is 450 g/mol. The second kappa shape index (κ2) is 11.5. The number of carbonyl (C=O) groups is 1. The van der Waals surface area contributed by atoms with Gasteiger partial charge in [-0.25, -0.2) is 0 Å². The van der Waals surface area contributed by atoms with Gasteiger partial charge in [0, 0.05) is 11.1 Å². The number of aliphatic hydroxyl groups excluding tert-OH is 1. The van der Waals surface area contributed by atoms with Crippen LogP contribution in [0.1, 0.15) is 23.6 Å². The lowest BCUT2D eigenvalue weighted by Gasteiger charge is -2.17. The molecular formula is C23H27ClO7. The zero-order valence-corrected chi connectivity index (χ0v) is 19.0. The van der Waals surface area contributed by atoms with E-state index in [0.29, 0.717) is 45.3 Å². The summed E-state index contributed by atoms with van der Waals surface area (Å²) in [6, 6.07) is 8.56. The van der Waals surface area contributed by atoms with Crippen molar-refractivity contribution in [1.29, 1.82) is 0 Å². The predicted molar refractivity (Wildman–Crippen MR) is 119 cm³/mol. The first-order valence-corrected chi connectivity index (χ1v) is 9.94. The van der Waals surface area contributed by atoms with E-state index >= 15 is 0 Å². The van der Waals surface area contributed by atoms with Crippen LogP contribution < -0.4 is 18.9 Å². The Morgan fingerprint density at radius 2 is 1.48 bits per heavy atom. The van der Waals surface area contributed by atoms with E-state index < -0.39 is 5.97 Å². The molecule has 2 aromatic carbocycles. The van der Waals surface area contributed by atoms with Gasteiger partial charge in [-0.05, 0) is 42.3 Å². The van der Waals surface area contributed by atoms with E-state index in [0.717, 1.165) is 0 Å². The van der Waals surface area contributed by atoms with Crippen LogP contribution in [0.15, 0.2) is 30.3 Å². The second-order valence-corrected chi connectivity index (χ2v) is 6.74. The molecule has 0 bridgehead atoms. The molecule has 0 aliphatic heterocycles. The molecule has 0 radical (unpaired) electrons. The number of rotatable bonds is 10. The summed E-state index contributed by atoms with van der Waals surface area (Å²) in [5.41, 5.74) is 2.18. The van der Waals surface area contributed by atoms with Crippen molar-refractivity contribution in [1.82, 2.24) is 0 Å². The molecule has 1 N–H and O–H groups in total. The van der Waals surface area contributed by atoms with E-state index in [-0.39, 0.29) is 24.7 Å². The normalized spacial score (nSPS) is 11.5. The molecule has 0 unspecified atom stereocenters. The van der Waals surface area contributed by atoms with Crippen LogP contribution in [0.25, 0.3) is 10.6 Å². The fourth-order valence-corrected chi connectivity index (χ4v) is 3.46. The van der Waals surface area contributed by atoms with E-state index in [4.69, 9.17) is 35.3 Å². The average Bonchev–Trinajstić information content (AvgIpc) is 2.78. The van der Waals surface area contributed by atoms with E-state index in [2.05, 4.69) is 0 Å². The second-order valence-electron chi connectivity index (χ2n) is 6.37. The molecule has 0 aliphatic carbocycles. The first kappa shape index (κ1) is 24.4. The van der Waals surface area contributed by atoms with Gasteiger partial charge in [0.25, 0.3) is 0 Å². The first-order chi connectivity index (χ1) is 14.9. The summed E-state index contributed by atoms with van der Waals surface area (Å²) < 4.78 is 26.5. The highest BCUT2D eigenvalue weighted by Gasteiger charge is 2.20. The van der Waals surface area contributed by atoms with Crippen LogP contribution in [-0.2, 0) is 16.0 Å². The van der Waals surface area contributed by atoms with E-state index in [1.807, 2.05) is 0 Å². The number of carbonyl (C=O) groups excluding carboxylic acids is 1. The minimum absolute atomic E-state index is 0.0234. The number of esters is 1. The largest absolute Gasteiger partial charge is 0.493 e. The first-order valence-electron chi connectivity index (χ1n) is 9.56. The van der Waals surface area contributed by atoms with Crippen molar-refractivity contribution < 1.29 is 33.6 Å². The zero-order valence-electron chi connectivity index (χ0n) is 18.3. The van der Waals surface area contributed by atoms with Crippen molar-refractivity contribution in [2.45, 2.75) is 13.3 Å². The Morgan fingerprint density at radius 3 is 2.03 bits per heavy atom. The molecule has 168 valence electrons. The molecule has 0 amide bonds. The molecule has 2 rings (SSSR count). The van der Waals surface area contributed by atoms with Crippen molar-refractivity contribution in [3.63, 3.8) is 0 Å². The highest BCUT2D eigenvalue weighted by molar-refractivity contribution is 6.52. The lowest BCUT2D eigenvalue weighted by Crippen LogP contribution is -2.10. The van der Waals surface area contributed by atoms with Gasteiger partial charge in [-0.15, -0.1) is 0 Å². The minimum atomic E-state index is -0.405. The fraction of sp³-hybridized carbons (Fsp3) is 0.348. The predicted octanol–water partition coefficient (Wildman–Crippen LogP) is 3.93. The maximum atomic E-state index is 12.2. The van der Waals surface area contributed by atoms with Crippen molar-refractivity contribution >= 4 is 28.2 Å². The fourth-order valence-electron chi connectivity index (χ4n) is 3.11. The summed E-state index contributed by atoms with van der Waals surface area (Å²) in [5, 5.41) is 10.4. The van der Waals surface area contributed by atoms with Gasteiger partial charge in [-0.2, -0.15) is 0 Å². The van der Waals surface area contributed by atoms with Crippen LogP contribution >= 0.6 is 11.6 Å². The van der Waals surface area contributed by atoms with Crippen LogP contribution in [0.5, 0.6) is 23.0 Å². The number of halogens is 1. The molecular weight excluding hydrogens is 424 g/mol. The number of benzene rings is 2. The van der Waals surface area contributed by atoms with Crippen LogP contribution in [-0.4, -0.2) is 52.7 Å². The summed E-state index contributed by atoms with van der Waals surface area (Å²) in [6.07, 6.45) is -0.0234. The third-order valence-corrected chi connectivity index (χ3v) is 5.07. The third-order valence-electron chi connectivity index (χ3n) is 4.64. The van der Waals surface area contributed by atoms with Crippen molar-refractivity contribution in [2.24, 2.45) is 0 Å². The molecule has 31 heavy (non-hydrogen) atoms. The molecule has 0 aliphatic rings. The highest BCUT2D eigenvalue weighted by Crippen LogP contribution is 2.40.